The molecule has 4 rings (SSSR count). The van der Waals surface area contributed by atoms with Gasteiger partial charge in [-0.15, -0.1) is 22.7 Å². The van der Waals surface area contributed by atoms with Crippen molar-refractivity contribution in [1.82, 2.24) is 4.98 Å². The van der Waals surface area contributed by atoms with Gasteiger partial charge < -0.3 is 4.74 Å². The molecule has 8 heteroatoms. The fraction of sp³-hybridized carbons (Fsp3) is 0.211. The van der Waals surface area contributed by atoms with Crippen LogP contribution in [0, 0.1) is 5.82 Å². The van der Waals surface area contributed by atoms with Gasteiger partial charge >= 0.3 is 5.97 Å². The Hall–Kier alpha value is -2.58. The number of anilines is 1. The maximum atomic E-state index is 13.0. The number of hydrogen-bond donors (Lipinski definition) is 1. The molecule has 2 aromatic heterocycles. The fourth-order valence-electron chi connectivity index (χ4n) is 2.87. The Bertz CT molecular complexity index is 973. The number of amides is 1. The van der Waals surface area contributed by atoms with Gasteiger partial charge in [-0.25, -0.2) is 14.2 Å². The third kappa shape index (κ3) is 4.06. The van der Waals surface area contributed by atoms with E-state index in [9.17, 15) is 14.0 Å². The number of halogens is 1. The molecule has 5 nitrogen and oxygen atoms in total. The van der Waals surface area contributed by atoms with E-state index >= 15 is 0 Å². The van der Waals surface area contributed by atoms with E-state index in [0.717, 1.165) is 24.8 Å². The number of benzene rings is 1. The lowest BCUT2D eigenvalue weighted by atomic mass is 10.2. The third-order valence-electron chi connectivity index (χ3n) is 4.17. The highest BCUT2D eigenvalue weighted by Gasteiger charge is 2.20. The summed E-state index contributed by atoms with van der Waals surface area (Å²) in [7, 11) is 0. The number of thiazole rings is 1. The summed E-state index contributed by atoms with van der Waals surface area (Å²) in [5.74, 6) is -1.25. The molecule has 0 radical (unpaired) electrons. The van der Waals surface area contributed by atoms with Crippen molar-refractivity contribution in [2.24, 2.45) is 0 Å². The van der Waals surface area contributed by atoms with Crippen molar-refractivity contribution in [1.29, 1.82) is 0 Å². The molecule has 27 heavy (non-hydrogen) atoms. The Kier molecular flexibility index (Phi) is 5.00. The number of fused-ring (bicyclic) bond motifs is 1. The summed E-state index contributed by atoms with van der Waals surface area (Å²) in [5, 5.41) is 4.77. The number of esters is 1. The summed E-state index contributed by atoms with van der Waals surface area (Å²) in [6.07, 6.45) is 3.14. The van der Waals surface area contributed by atoms with Gasteiger partial charge in [0.05, 0.1) is 5.69 Å². The third-order valence-corrected chi connectivity index (χ3v) is 6.15. The molecule has 3 aromatic rings. The lowest BCUT2D eigenvalue weighted by Crippen LogP contribution is -2.20. The molecule has 1 aromatic carbocycles. The summed E-state index contributed by atoms with van der Waals surface area (Å²) < 4.78 is 18.1. The number of carbonyl (C=O) groups is 2. The van der Waals surface area contributed by atoms with Crippen LogP contribution >= 0.6 is 22.7 Å². The molecule has 0 saturated carbocycles. The number of thiophene rings is 1. The van der Waals surface area contributed by atoms with Crippen LogP contribution in [0.3, 0.4) is 0 Å². The Labute approximate surface area is 162 Å². The van der Waals surface area contributed by atoms with Crippen molar-refractivity contribution in [2.45, 2.75) is 19.3 Å². The Morgan fingerprint density at radius 3 is 2.81 bits per heavy atom. The van der Waals surface area contributed by atoms with E-state index in [1.807, 2.05) is 6.07 Å². The minimum atomic E-state index is -0.476. The first kappa shape index (κ1) is 17.8. The summed E-state index contributed by atoms with van der Waals surface area (Å²) >= 11 is 2.69. The SMILES string of the molecule is O=C(COC(=O)c1cc2c(s1)CCC2)Nc1nc(-c2ccc(F)cc2)cs1. The highest BCUT2D eigenvalue weighted by atomic mass is 32.1. The van der Waals surface area contributed by atoms with Gasteiger partial charge in [-0.1, -0.05) is 0 Å². The minimum Gasteiger partial charge on any atom is -0.451 e. The van der Waals surface area contributed by atoms with Crippen LogP contribution < -0.4 is 5.32 Å². The van der Waals surface area contributed by atoms with Crippen molar-refractivity contribution >= 4 is 39.7 Å². The van der Waals surface area contributed by atoms with Gasteiger partial charge in [-0.3, -0.25) is 10.1 Å². The molecule has 138 valence electrons. The molecule has 2 heterocycles. The zero-order valence-corrected chi connectivity index (χ0v) is 15.8. The highest BCUT2D eigenvalue weighted by Crippen LogP contribution is 2.31. The fourth-order valence-corrected chi connectivity index (χ4v) is 4.75. The largest absolute Gasteiger partial charge is 0.451 e. The predicted octanol–water partition coefficient (Wildman–Crippen LogP) is 4.29. The number of aromatic nitrogens is 1. The zero-order chi connectivity index (χ0) is 18.8. The molecular formula is C19H15FN2O3S2. The second-order valence-corrected chi connectivity index (χ2v) is 8.08. The second kappa shape index (κ2) is 7.58. The molecule has 1 aliphatic rings. The summed E-state index contributed by atoms with van der Waals surface area (Å²) in [5.41, 5.74) is 2.61. The van der Waals surface area contributed by atoms with Crippen LogP contribution in [0.25, 0.3) is 11.3 Å². The molecule has 0 unspecified atom stereocenters. The van der Waals surface area contributed by atoms with Crippen LogP contribution in [0.5, 0.6) is 0 Å². The molecule has 0 bridgehead atoms. The van der Waals surface area contributed by atoms with Gasteiger partial charge in [0.25, 0.3) is 5.91 Å². The molecule has 0 aliphatic heterocycles. The van der Waals surface area contributed by atoms with Gasteiger partial charge in [0, 0.05) is 15.8 Å². The van der Waals surface area contributed by atoms with Gasteiger partial charge in [-0.05, 0) is 55.2 Å². The van der Waals surface area contributed by atoms with Gasteiger partial charge in [0.1, 0.15) is 10.7 Å². The van der Waals surface area contributed by atoms with Crippen LogP contribution in [-0.4, -0.2) is 23.5 Å². The monoisotopic (exact) mass is 402 g/mol. The summed E-state index contributed by atoms with van der Waals surface area (Å²) in [6.45, 7) is -0.368. The molecule has 1 amide bonds. The molecule has 0 saturated heterocycles. The number of rotatable bonds is 5. The summed E-state index contributed by atoms with van der Waals surface area (Å²) in [4.78, 5) is 30.2. The van der Waals surface area contributed by atoms with E-state index < -0.39 is 11.9 Å². The van der Waals surface area contributed by atoms with Crippen LogP contribution in [0.15, 0.2) is 35.7 Å². The number of ether oxygens (including phenoxy) is 1. The van der Waals surface area contributed by atoms with Crippen LogP contribution in [0.2, 0.25) is 0 Å². The van der Waals surface area contributed by atoms with E-state index in [1.165, 1.54) is 45.2 Å². The normalized spacial score (nSPS) is 12.6. The topological polar surface area (TPSA) is 68.3 Å². The number of aryl methyl sites for hydroxylation is 2. The standard InChI is InChI=1S/C19H15FN2O3S2/c20-13-6-4-11(5-7-13)14-10-26-19(21-14)22-17(23)9-25-18(24)16-8-12-2-1-3-15(12)27-16/h4-8,10H,1-3,9H2,(H,21,22,23). The van der Waals surface area contributed by atoms with E-state index in [2.05, 4.69) is 10.3 Å². The van der Waals surface area contributed by atoms with Crippen LogP contribution in [-0.2, 0) is 22.4 Å². The van der Waals surface area contributed by atoms with E-state index in [0.29, 0.717) is 15.7 Å². The van der Waals surface area contributed by atoms with Gasteiger partial charge in [-0.2, -0.15) is 0 Å². The first-order valence-corrected chi connectivity index (χ1v) is 10.1. The number of carbonyl (C=O) groups excluding carboxylic acids is 2. The average Bonchev–Trinajstić information content (AvgIpc) is 3.36. The smallest absolute Gasteiger partial charge is 0.348 e. The number of nitrogens with one attached hydrogen (secondary N) is 1. The lowest BCUT2D eigenvalue weighted by Gasteiger charge is -2.03. The first-order valence-electron chi connectivity index (χ1n) is 8.38. The zero-order valence-electron chi connectivity index (χ0n) is 14.2. The van der Waals surface area contributed by atoms with Crippen LogP contribution in [0.4, 0.5) is 9.52 Å². The molecule has 0 spiro atoms. The van der Waals surface area contributed by atoms with E-state index in [-0.39, 0.29) is 12.4 Å². The predicted molar refractivity (Wildman–Crippen MR) is 103 cm³/mol. The van der Waals surface area contributed by atoms with Crippen molar-refractivity contribution < 1.29 is 18.7 Å². The second-order valence-electron chi connectivity index (χ2n) is 6.08. The average molecular weight is 402 g/mol. The van der Waals surface area contributed by atoms with Gasteiger partial charge in [0.2, 0.25) is 0 Å². The molecule has 0 fully saturated rings. The molecule has 1 aliphatic carbocycles. The first-order chi connectivity index (χ1) is 13.1. The Morgan fingerprint density at radius 2 is 2.04 bits per heavy atom. The van der Waals surface area contributed by atoms with Crippen molar-refractivity contribution in [2.75, 3.05) is 11.9 Å². The molecule has 0 atom stereocenters. The van der Waals surface area contributed by atoms with Crippen LogP contribution in [0.1, 0.15) is 26.5 Å². The quantitative estimate of drug-likeness (QED) is 0.647. The lowest BCUT2D eigenvalue weighted by molar-refractivity contribution is -0.119. The van der Waals surface area contributed by atoms with E-state index in [4.69, 9.17) is 4.74 Å². The van der Waals surface area contributed by atoms with E-state index in [1.54, 1.807) is 17.5 Å². The summed E-state index contributed by atoms with van der Waals surface area (Å²) in [6, 6.07) is 7.81. The number of nitrogens with zero attached hydrogens (tertiary/aromatic N) is 1. The minimum absolute atomic E-state index is 0.319. The Balaban J connectivity index is 1.31. The maximum absolute atomic E-state index is 13.0. The van der Waals surface area contributed by atoms with Gasteiger partial charge in [0.15, 0.2) is 11.7 Å². The molecular weight excluding hydrogens is 387 g/mol. The maximum Gasteiger partial charge on any atom is 0.348 e. The Morgan fingerprint density at radius 1 is 1.22 bits per heavy atom. The number of hydrogen-bond acceptors (Lipinski definition) is 6. The van der Waals surface area contributed by atoms with Crippen molar-refractivity contribution in [3.8, 4) is 11.3 Å². The molecule has 1 N–H and O–H groups in total. The van der Waals surface area contributed by atoms with Crippen molar-refractivity contribution in [3.05, 3.63) is 56.8 Å². The van der Waals surface area contributed by atoms with Crippen molar-refractivity contribution in [3.63, 3.8) is 0 Å². The highest BCUT2D eigenvalue weighted by molar-refractivity contribution is 7.14.